The normalized spacial score (nSPS) is 12.6. The van der Waals surface area contributed by atoms with Crippen molar-refractivity contribution in [1.29, 1.82) is 0 Å². The smallest absolute Gasteiger partial charge is 0.126 e. The monoisotopic (exact) mass is 1280 g/mol. The van der Waals surface area contributed by atoms with E-state index in [1.54, 1.807) is 0 Å². The van der Waals surface area contributed by atoms with Crippen LogP contribution in [0.5, 0.6) is 23.0 Å². The third-order valence-electron chi connectivity index (χ3n) is 16.4. The molecule has 4 N–H and O–H groups in total. The van der Waals surface area contributed by atoms with Crippen molar-refractivity contribution in [3.63, 3.8) is 0 Å². The highest BCUT2D eigenvalue weighted by atomic mass is 35.5. The van der Waals surface area contributed by atoms with Gasteiger partial charge in [-0.15, -0.1) is 0 Å². The first kappa shape index (κ1) is 80.9. The van der Waals surface area contributed by atoms with Gasteiger partial charge in [0, 0.05) is 47.9 Å². The van der Waals surface area contributed by atoms with E-state index in [0.29, 0.717) is 96.2 Å². The fourth-order valence-corrected chi connectivity index (χ4v) is 12.2. The van der Waals surface area contributed by atoms with E-state index in [4.69, 9.17) is 18.9 Å². The van der Waals surface area contributed by atoms with E-state index in [2.05, 4.69) is 133 Å². The lowest BCUT2D eigenvalue weighted by atomic mass is 9.88. The zero-order valence-corrected chi connectivity index (χ0v) is 58.4. The molecule has 0 radical (unpaired) electrons. The Hall–Kier alpha value is -3.08. The van der Waals surface area contributed by atoms with Crippen LogP contribution in [0.3, 0.4) is 0 Å². The first-order valence-electron chi connectivity index (χ1n) is 32.0. The second kappa shape index (κ2) is 40.6. The number of quaternary nitrogens is 4. The van der Waals surface area contributed by atoms with Gasteiger partial charge in [0.05, 0.1) is 109 Å². The van der Waals surface area contributed by atoms with Crippen molar-refractivity contribution in [2.24, 2.45) is 0 Å². The number of unbranched alkanes of at least 4 members (excludes halogenated alkanes) is 10. The number of likely N-dealkylation sites (N-methyl/N-ethyl adjacent to an activating group) is 4. The maximum Gasteiger partial charge on any atom is 0.126 e. The molecule has 0 aliphatic heterocycles. The topological polar surface area (TPSA) is 118 Å². The summed E-state index contributed by atoms with van der Waals surface area (Å²) >= 11 is 0. The number of ether oxygens (including phenoxy) is 4. The third-order valence-corrected chi connectivity index (χ3v) is 16.4. The molecule has 0 heterocycles. The zero-order valence-electron chi connectivity index (χ0n) is 55.4. The molecule has 1 aliphatic carbocycles. The Morgan fingerprint density at radius 2 is 0.488 bits per heavy atom. The Morgan fingerprint density at radius 3 is 0.686 bits per heavy atom. The van der Waals surface area contributed by atoms with Crippen LogP contribution in [0.1, 0.15) is 184 Å². The Balaban J connectivity index is 0.00000924. The van der Waals surface area contributed by atoms with E-state index in [0.717, 1.165) is 132 Å². The van der Waals surface area contributed by atoms with Gasteiger partial charge >= 0.3 is 0 Å². The van der Waals surface area contributed by atoms with E-state index in [-0.39, 0.29) is 76.1 Å². The molecule has 0 atom stereocenters. The second-order valence-corrected chi connectivity index (χ2v) is 26.8. The molecule has 0 amide bonds. The molecular formula is C70H116Cl4N4O8. The van der Waals surface area contributed by atoms with Gasteiger partial charge in [0.1, 0.15) is 75.4 Å². The summed E-state index contributed by atoms with van der Waals surface area (Å²) in [5.41, 5.74) is 13.7. The number of rotatable bonds is 38. The summed E-state index contributed by atoms with van der Waals surface area (Å²) < 4.78 is 31.3. The lowest BCUT2D eigenvalue weighted by Crippen LogP contribution is -3.00. The van der Waals surface area contributed by atoms with Gasteiger partial charge in [-0.3, -0.25) is 0 Å². The van der Waals surface area contributed by atoms with Gasteiger partial charge < -0.3 is 107 Å². The van der Waals surface area contributed by atoms with Gasteiger partial charge in [-0.05, 0) is 119 Å². The lowest BCUT2D eigenvalue weighted by molar-refractivity contribution is -0.903. The van der Waals surface area contributed by atoms with Gasteiger partial charge in [0.15, 0.2) is 0 Å². The van der Waals surface area contributed by atoms with E-state index >= 15 is 0 Å². The van der Waals surface area contributed by atoms with Gasteiger partial charge in [-0.25, -0.2) is 0 Å². The zero-order chi connectivity index (χ0) is 59.8. The molecular weight excluding hydrogens is 1170 g/mol. The summed E-state index contributed by atoms with van der Waals surface area (Å²) in [5, 5.41) is 41.4. The Bertz CT molecular complexity index is 2290. The molecule has 12 nitrogen and oxygen atoms in total. The van der Waals surface area contributed by atoms with Crippen molar-refractivity contribution in [2.45, 2.75) is 169 Å². The summed E-state index contributed by atoms with van der Waals surface area (Å²) in [4.78, 5) is 0. The van der Waals surface area contributed by atoms with E-state index in [1.165, 1.54) is 73.6 Å². The van der Waals surface area contributed by atoms with Crippen molar-refractivity contribution in [3.8, 4) is 23.0 Å². The molecule has 0 saturated carbocycles. The molecule has 16 heteroatoms. The molecule has 0 saturated heterocycles. The molecule has 8 bridgehead atoms. The molecule has 0 fully saturated rings. The van der Waals surface area contributed by atoms with Gasteiger partial charge in [-0.1, -0.05) is 91.9 Å². The largest absolute Gasteiger partial charge is 1.00 e. The molecule has 5 rings (SSSR count). The fourth-order valence-electron chi connectivity index (χ4n) is 12.2. The molecule has 4 aromatic rings. The molecule has 86 heavy (non-hydrogen) atoms. The van der Waals surface area contributed by atoms with Crippen LogP contribution in [0.15, 0.2) is 48.5 Å². The number of hydrogen-bond acceptors (Lipinski definition) is 8. The van der Waals surface area contributed by atoms with Gasteiger partial charge in [-0.2, -0.15) is 0 Å². The second-order valence-electron chi connectivity index (χ2n) is 26.8. The lowest BCUT2D eigenvalue weighted by Gasteiger charge is -2.31. The van der Waals surface area contributed by atoms with Crippen molar-refractivity contribution in [2.75, 3.05) is 135 Å². The van der Waals surface area contributed by atoms with Crippen LogP contribution in [-0.4, -0.2) is 174 Å². The minimum Gasteiger partial charge on any atom is -1.00 e. The van der Waals surface area contributed by atoms with E-state index < -0.39 is 0 Å². The molecule has 0 unspecified atom stereocenters. The van der Waals surface area contributed by atoms with E-state index in [9.17, 15) is 20.4 Å². The van der Waals surface area contributed by atoms with Crippen LogP contribution in [0, 0.1) is 0 Å². The molecule has 4 aromatic carbocycles. The number of halogens is 4. The predicted octanol–water partition coefficient (Wildman–Crippen LogP) is -0.290. The molecule has 0 spiro atoms. The van der Waals surface area contributed by atoms with Crippen LogP contribution < -0.4 is 68.6 Å². The Kier molecular flexibility index (Phi) is 38.2. The maximum absolute atomic E-state index is 10.4. The predicted molar refractivity (Wildman–Crippen MR) is 337 cm³/mol. The van der Waals surface area contributed by atoms with Crippen LogP contribution in [-0.2, 0) is 51.9 Å². The number of hydrogen-bond donors (Lipinski definition) is 4. The highest BCUT2D eigenvalue weighted by molar-refractivity contribution is 5.58. The third kappa shape index (κ3) is 26.8. The molecule has 0 aromatic heterocycles. The summed E-state index contributed by atoms with van der Waals surface area (Å²) in [5.74, 6) is 3.68. The van der Waals surface area contributed by atoms with E-state index in [1.807, 2.05) is 0 Å². The Morgan fingerprint density at radius 1 is 0.291 bits per heavy atom. The number of fused-ring (bicyclic) bond motifs is 8. The highest BCUT2D eigenvalue weighted by Gasteiger charge is 2.29. The van der Waals surface area contributed by atoms with Gasteiger partial charge in [0.25, 0.3) is 0 Å². The van der Waals surface area contributed by atoms with Crippen molar-refractivity contribution >= 4 is 0 Å². The highest BCUT2D eigenvalue weighted by Crippen LogP contribution is 2.42. The minimum absolute atomic E-state index is 0. The average Bonchev–Trinajstić information content (AvgIpc) is 1.10. The summed E-state index contributed by atoms with van der Waals surface area (Å²) in [6.07, 6.45) is 18.0. The average molecular weight is 1280 g/mol. The van der Waals surface area contributed by atoms with Gasteiger partial charge in [0.2, 0.25) is 0 Å². The molecule has 492 valence electrons. The number of aliphatic hydroxyl groups is 4. The number of aliphatic hydroxyl groups excluding tert-OH is 4. The number of nitrogens with zero attached hydrogens (tertiary/aromatic N) is 4. The first-order chi connectivity index (χ1) is 39.2. The first-order valence-corrected chi connectivity index (χ1v) is 32.0. The van der Waals surface area contributed by atoms with Crippen molar-refractivity contribution < 1.29 is 107 Å². The quantitative estimate of drug-likeness (QED) is 0.0316. The van der Waals surface area contributed by atoms with Crippen LogP contribution in [0.4, 0.5) is 0 Å². The SMILES string of the molecule is CCCCCCCCOc1c2cc(C[N+](C)(C)CCO)cc1Cc1cc(C[N+](C)(C)CCO)cc(c1OCCC)Cc1cc(C[N+](C)(C)CCO)cc(c1OCCCCCCCC)Cc1cc(C[N+](C)(C)CCO)cc(c1OCCC)C2.[Cl-].[Cl-].[Cl-].[Cl-]. The standard InChI is InChI=1S/C70H116N4O8.4ClH/c1-13-17-19-21-23-25-37-81-69-63-43-57(53-73(9,10)29-33-77)44-64(69)48-60-40-56(52-72(7,8)28-32-76)42-62(68(60)80-36-16-4)50-66-46-58(54-74(11,12)30-34-78)45-65(70(66)82-38-26-24-22-20-18-14-2)49-61-41-55(51-71(5,6)27-31-75)39-59(47-63)67(61)79-35-15-3;;;;/h39-46,75-78H,13-38,47-54H2,1-12H3;4*1H/q+4;;;;/p-4. The fraction of sp³-hybridized carbons (Fsp3) is 0.657. The number of benzene rings is 4. The molecule has 1 aliphatic rings. The maximum atomic E-state index is 10.4. The van der Waals surface area contributed by atoms with Crippen LogP contribution >= 0.6 is 0 Å². The van der Waals surface area contributed by atoms with Crippen molar-refractivity contribution in [3.05, 3.63) is 115 Å². The summed E-state index contributed by atoms with van der Waals surface area (Å²) in [7, 11) is 17.6. The summed E-state index contributed by atoms with van der Waals surface area (Å²) in [6, 6.07) is 19.0. The summed E-state index contributed by atoms with van der Waals surface area (Å²) in [6.45, 7) is 17.0. The van der Waals surface area contributed by atoms with Crippen LogP contribution in [0.25, 0.3) is 0 Å². The Labute approximate surface area is 547 Å². The van der Waals surface area contributed by atoms with Crippen LogP contribution in [0.2, 0.25) is 0 Å². The van der Waals surface area contributed by atoms with Crippen molar-refractivity contribution in [1.82, 2.24) is 0 Å². The minimum atomic E-state index is 0.